The van der Waals surface area contributed by atoms with E-state index < -0.39 is 15.6 Å². The first-order valence-electron chi connectivity index (χ1n) is 11.0. The van der Waals surface area contributed by atoms with Crippen molar-refractivity contribution in [2.45, 2.75) is 37.1 Å². The molecule has 4 aromatic rings. The normalized spacial score (nSPS) is 17.3. The fourth-order valence-electron chi connectivity index (χ4n) is 4.19. The smallest absolute Gasteiger partial charge is 0.281 e. The average Bonchev–Trinajstić information content (AvgIpc) is 3.24. The van der Waals surface area contributed by atoms with Gasteiger partial charge in [-0.05, 0) is 49.6 Å². The molecular formula is C23H23FN6O3S. The van der Waals surface area contributed by atoms with Gasteiger partial charge in [-0.1, -0.05) is 35.0 Å². The number of sulfonamides is 1. The maximum absolute atomic E-state index is 13.2. The number of rotatable bonds is 5. The molecule has 0 spiro atoms. The number of aromatic nitrogens is 5. The van der Waals surface area contributed by atoms with Crippen molar-refractivity contribution < 1.29 is 12.8 Å². The van der Waals surface area contributed by atoms with E-state index in [9.17, 15) is 17.6 Å². The van der Waals surface area contributed by atoms with Gasteiger partial charge >= 0.3 is 0 Å². The molecule has 1 atom stereocenters. The fraction of sp³-hybridized carbons (Fsp3) is 0.304. The molecule has 1 N–H and O–H groups in total. The van der Waals surface area contributed by atoms with E-state index in [2.05, 4.69) is 20.3 Å². The summed E-state index contributed by atoms with van der Waals surface area (Å²) in [6, 6.07) is 12.7. The summed E-state index contributed by atoms with van der Waals surface area (Å²) >= 11 is 0. The SMILES string of the molecule is Cc1ccc(S(=O)(=O)N2CCCC(c3nc4c(nnn4Cc4ccc(F)cc4)c(=O)[nH]3)C2)cc1. The Hall–Kier alpha value is -3.44. The molecule has 3 heterocycles. The number of fused-ring (bicyclic) bond motifs is 1. The van der Waals surface area contributed by atoms with Crippen LogP contribution < -0.4 is 5.56 Å². The summed E-state index contributed by atoms with van der Waals surface area (Å²) < 4.78 is 42.5. The molecule has 34 heavy (non-hydrogen) atoms. The van der Waals surface area contributed by atoms with Crippen LogP contribution in [-0.4, -0.2) is 50.8 Å². The maximum Gasteiger partial charge on any atom is 0.281 e. The summed E-state index contributed by atoms with van der Waals surface area (Å²) in [5.41, 5.74) is 1.75. The number of aryl methyl sites for hydroxylation is 1. The highest BCUT2D eigenvalue weighted by atomic mass is 32.2. The molecule has 5 rings (SSSR count). The first-order chi connectivity index (χ1) is 16.3. The number of hydrogen-bond donors (Lipinski definition) is 1. The summed E-state index contributed by atoms with van der Waals surface area (Å²) in [7, 11) is -3.66. The van der Waals surface area contributed by atoms with Gasteiger partial charge in [-0.25, -0.2) is 22.5 Å². The summed E-state index contributed by atoms with van der Waals surface area (Å²) in [5.74, 6) is -0.212. The van der Waals surface area contributed by atoms with Gasteiger partial charge in [0, 0.05) is 19.0 Å². The van der Waals surface area contributed by atoms with Crippen LogP contribution in [0.4, 0.5) is 4.39 Å². The standard InChI is InChI=1S/C23H23FN6O3S/c1-15-4-10-19(11-5-15)34(32,33)29-12-2-3-17(14-29)21-25-22-20(23(31)26-21)27-28-30(22)13-16-6-8-18(24)9-7-16/h4-11,17H,2-3,12-14H2,1H3,(H,25,26,31). The van der Waals surface area contributed by atoms with E-state index >= 15 is 0 Å². The van der Waals surface area contributed by atoms with Crippen molar-refractivity contribution in [3.05, 3.63) is 81.7 Å². The number of piperidine rings is 1. The van der Waals surface area contributed by atoms with E-state index in [-0.39, 0.29) is 35.2 Å². The van der Waals surface area contributed by atoms with Gasteiger partial charge in [0.1, 0.15) is 11.6 Å². The number of halogens is 1. The third-order valence-corrected chi connectivity index (χ3v) is 7.95. The monoisotopic (exact) mass is 482 g/mol. The Morgan fingerprint density at radius 2 is 1.85 bits per heavy atom. The van der Waals surface area contributed by atoms with Crippen molar-refractivity contribution in [3.8, 4) is 0 Å². The lowest BCUT2D eigenvalue weighted by molar-refractivity contribution is 0.309. The van der Waals surface area contributed by atoms with Crippen molar-refractivity contribution in [2.75, 3.05) is 13.1 Å². The van der Waals surface area contributed by atoms with Crippen molar-refractivity contribution in [1.82, 2.24) is 29.3 Å². The van der Waals surface area contributed by atoms with E-state index in [1.165, 1.54) is 21.1 Å². The van der Waals surface area contributed by atoms with Crippen molar-refractivity contribution >= 4 is 21.2 Å². The molecule has 0 bridgehead atoms. The lowest BCUT2D eigenvalue weighted by atomic mass is 9.99. The third-order valence-electron chi connectivity index (χ3n) is 6.07. The highest BCUT2D eigenvalue weighted by Crippen LogP contribution is 2.29. The molecule has 176 valence electrons. The molecule has 11 heteroatoms. The van der Waals surface area contributed by atoms with Crippen LogP contribution in [0.5, 0.6) is 0 Å². The van der Waals surface area contributed by atoms with Crippen LogP contribution >= 0.6 is 0 Å². The molecule has 1 aliphatic rings. The minimum atomic E-state index is -3.66. The van der Waals surface area contributed by atoms with Crippen LogP contribution in [0.1, 0.15) is 35.7 Å². The second-order valence-corrected chi connectivity index (χ2v) is 10.5. The number of nitrogens with one attached hydrogen (secondary N) is 1. The van der Waals surface area contributed by atoms with Gasteiger partial charge in [-0.3, -0.25) is 4.79 Å². The molecule has 2 aromatic heterocycles. The molecule has 0 amide bonds. The van der Waals surface area contributed by atoms with E-state index in [0.717, 1.165) is 11.1 Å². The molecule has 2 aromatic carbocycles. The lowest BCUT2D eigenvalue weighted by Gasteiger charge is -2.31. The van der Waals surface area contributed by atoms with Crippen LogP contribution in [0.15, 0.2) is 58.2 Å². The molecule has 9 nitrogen and oxygen atoms in total. The molecular weight excluding hydrogens is 459 g/mol. The second kappa shape index (κ2) is 8.73. The topological polar surface area (TPSA) is 114 Å². The number of aromatic amines is 1. The Morgan fingerprint density at radius 3 is 2.59 bits per heavy atom. The average molecular weight is 483 g/mol. The zero-order valence-corrected chi connectivity index (χ0v) is 19.3. The van der Waals surface area contributed by atoms with Crippen LogP contribution in [0.25, 0.3) is 11.2 Å². The van der Waals surface area contributed by atoms with Crippen molar-refractivity contribution in [1.29, 1.82) is 0 Å². The zero-order valence-electron chi connectivity index (χ0n) is 18.5. The van der Waals surface area contributed by atoms with Gasteiger partial charge in [0.05, 0.1) is 11.4 Å². The highest BCUT2D eigenvalue weighted by molar-refractivity contribution is 7.89. The predicted molar refractivity (Wildman–Crippen MR) is 123 cm³/mol. The Balaban J connectivity index is 1.44. The van der Waals surface area contributed by atoms with Gasteiger partial charge < -0.3 is 4.98 Å². The lowest BCUT2D eigenvalue weighted by Crippen LogP contribution is -2.39. The summed E-state index contributed by atoms with van der Waals surface area (Å²) in [6.07, 6.45) is 1.33. The maximum atomic E-state index is 13.2. The van der Waals surface area contributed by atoms with Gasteiger partial charge in [0.25, 0.3) is 5.56 Å². The first kappa shape index (κ1) is 22.4. The number of H-pyrrole nitrogens is 1. The number of nitrogens with zero attached hydrogens (tertiary/aromatic N) is 5. The molecule has 1 aliphatic heterocycles. The predicted octanol–water partition coefficient (Wildman–Crippen LogP) is 2.58. The Morgan fingerprint density at radius 1 is 1.12 bits per heavy atom. The Kier molecular flexibility index (Phi) is 5.74. The van der Waals surface area contributed by atoms with Gasteiger partial charge in [0.15, 0.2) is 11.2 Å². The third kappa shape index (κ3) is 4.24. The Bertz CT molecular complexity index is 1500. The highest BCUT2D eigenvalue weighted by Gasteiger charge is 2.32. The molecule has 0 saturated carbocycles. The van der Waals surface area contributed by atoms with Crippen LogP contribution in [0.3, 0.4) is 0 Å². The molecule has 1 saturated heterocycles. The van der Waals surface area contributed by atoms with Gasteiger partial charge in [-0.2, -0.15) is 4.31 Å². The van der Waals surface area contributed by atoms with E-state index in [4.69, 9.17) is 0 Å². The Labute approximate surface area is 195 Å². The van der Waals surface area contributed by atoms with E-state index in [1.807, 2.05) is 6.92 Å². The van der Waals surface area contributed by atoms with Gasteiger partial charge in [-0.15, -0.1) is 5.10 Å². The summed E-state index contributed by atoms with van der Waals surface area (Å²) in [5, 5.41) is 7.99. The van der Waals surface area contributed by atoms with Crippen LogP contribution in [0.2, 0.25) is 0 Å². The van der Waals surface area contributed by atoms with Crippen LogP contribution in [-0.2, 0) is 16.6 Å². The second-order valence-electron chi connectivity index (χ2n) is 8.51. The van der Waals surface area contributed by atoms with Crippen molar-refractivity contribution in [2.24, 2.45) is 0 Å². The molecule has 1 unspecified atom stereocenters. The van der Waals surface area contributed by atoms with Gasteiger partial charge in [0.2, 0.25) is 10.0 Å². The number of hydrogen-bond acceptors (Lipinski definition) is 6. The quantitative estimate of drug-likeness (QED) is 0.468. The molecule has 0 aliphatic carbocycles. The first-order valence-corrected chi connectivity index (χ1v) is 12.4. The number of benzene rings is 2. The largest absolute Gasteiger partial charge is 0.308 e. The van der Waals surface area contributed by atoms with Crippen LogP contribution in [0, 0.1) is 12.7 Å². The summed E-state index contributed by atoms with van der Waals surface area (Å²) in [6.45, 7) is 2.79. The summed E-state index contributed by atoms with van der Waals surface area (Å²) in [4.78, 5) is 20.3. The zero-order chi connectivity index (χ0) is 23.9. The van der Waals surface area contributed by atoms with E-state index in [1.54, 1.807) is 36.4 Å². The minimum absolute atomic E-state index is 0.103. The van der Waals surface area contributed by atoms with Crippen molar-refractivity contribution in [3.63, 3.8) is 0 Å². The minimum Gasteiger partial charge on any atom is -0.308 e. The molecule has 0 radical (unpaired) electrons. The molecule has 1 fully saturated rings. The van der Waals surface area contributed by atoms with E-state index in [0.29, 0.717) is 30.9 Å². The fourth-order valence-corrected chi connectivity index (χ4v) is 5.71.